The number of pyridine rings is 1. The van der Waals surface area contributed by atoms with Crippen LogP contribution >= 0.6 is 0 Å². The zero-order chi connectivity index (χ0) is 18.2. The number of fused-ring (bicyclic) bond motifs is 1. The molecule has 1 aliphatic rings. The van der Waals surface area contributed by atoms with Crippen molar-refractivity contribution in [3.8, 4) is 11.5 Å². The van der Waals surface area contributed by atoms with Crippen LogP contribution in [0.1, 0.15) is 16.8 Å². The lowest BCUT2D eigenvalue weighted by Gasteiger charge is -2.26. The maximum atomic E-state index is 12.2. The fraction of sp³-hybridized carbons (Fsp3) is 0.368. The van der Waals surface area contributed by atoms with Gasteiger partial charge >= 0.3 is 0 Å². The molecule has 0 unspecified atom stereocenters. The molecule has 1 atom stereocenters. The monoisotopic (exact) mass is 357 g/mol. The van der Waals surface area contributed by atoms with E-state index in [-0.39, 0.29) is 12.0 Å². The zero-order valence-electron chi connectivity index (χ0n) is 14.7. The Hall–Kier alpha value is -2.80. The Balaban J connectivity index is 1.41. The van der Waals surface area contributed by atoms with Gasteiger partial charge in [-0.15, -0.1) is 0 Å². The number of ether oxygens (including phenoxy) is 3. The van der Waals surface area contributed by atoms with E-state index in [2.05, 4.69) is 15.6 Å². The topological polar surface area (TPSA) is 81.7 Å². The molecular formula is C19H23N3O4. The third kappa shape index (κ3) is 4.86. The molecule has 7 nitrogen and oxygen atoms in total. The number of hydrogen-bond acceptors (Lipinski definition) is 6. The van der Waals surface area contributed by atoms with E-state index < -0.39 is 0 Å². The lowest BCUT2D eigenvalue weighted by molar-refractivity contribution is 0.0812. The average molecular weight is 357 g/mol. The highest BCUT2D eigenvalue weighted by molar-refractivity contribution is 5.94. The summed E-state index contributed by atoms with van der Waals surface area (Å²) in [5, 5.41) is 5.99. The summed E-state index contributed by atoms with van der Waals surface area (Å²) < 4.78 is 16.5. The molecule has 3 rings (SSSR count). The molecule has 0 saturated heterocycles. The van der Waals surface area contributed by atoms with Crippen LogP contribution in [-0.2, 0) is 4.74 Å². The average Bonchev–Trinajstić information content (AvgIpc) is 2.68. The molecule has 0 spiro atoms. The van der Waals surface area contributed by atoms with Crippen LogP contribution in [0.15, 0.2) is 42.6 Å². The van der Waals surface area contributed by atoms with Crippen LogP contribution in [0.5, 0.6) is 11.5 Å². The fourth-order valence-corrected chi connectivity index (χ4v) is 2.57. The van der Waals surface area contributed by atoms with Gasteiger partial charge in [0.2, 0.25) is 0 Å². The van der Waals surface area contributed by atoms with Crippen LogP contribution in [0, 0.1) is 0 Å². The van der Waals surface area contributed by atoms with Crippen molar-refractivity contribution in [3.63, 3.8) is 0 Å². The summed E-state index contributed by atoms with van der Waals surface area (Å²) in [4.78, 5) is 16.4. The molecule has 7 heteroatoms. The van der Waals surface area contributed by atoms with E-state index >= 15 is 0 Å². The molecule has 2 N–H and O–H groups in total. The van der Waals surface area contributed by atoms with Crippen molar-refractivity contribution in [2.75, 3.05) is 38.7 Å². The van der Waals surface area contributed by atoms with Crippen LogP contribution in [0.4, 0.5) is 5.82 Å². The molecule has 1 aromatic heterocycles. The molecule has 138 valence electrons. The first-order valence-corrected chi connectivity index (χ1v) is 8.62. The molecule has 1 aromatic carbocycles. The van der Waals surface area contributed by atoms with Crippen molar-refractivity contribution in [1.82, 2.24) is 10.3 Å². The van der Waals surface area contributed by atoms with E-state index in [4.69, 9.17) is 14.2 Å². The maximum absolute atomic E-state index is 12.2. The van der Waals surface area contributed by atoms with Crippen molar-refractivity contribution >= 4 is 11.7 Å². The lowest BCUT2D eigenvalue weighted by Crippen LogP contribution is -2.34. The van der Waals surface area contributed by atoms with Gasteiger partial charge in [0, 0.05) is 32.8 Å². The second-order valence-electron chi connectivity index (χ2n) is 5.89. The van der Waals surface area contributed by atoms with Gasteiger partial charge in [0.1, 0.15) is 18.5 Å². The number of aromatic nitrogens is 1. The molecule has 1 aliphatic heterocycles. The van der Waals surface area contributed by atoms with E-state index in [9.17, 15) is 4.79 Å². The molecule has 0 bridgehead atoms. The Bertz CT molecular complexity index is 721. The zero-order valence-corrected chi connectivity index (χ0v) is 14.7. The Kier molecular flexibility index (Phi) is 6.27. The van der Waals surface area contributed by atoms with Gasteiger partial charge in [-0.2, -0.15) is 0 Å². The first-order chi connectivity index (χ1) is 12.8. The molecule has 26 heavy (non-hydrogen) atoms. The maximum Gasteiger partial charge on any atom is 0.252 e. The summed E-state index contributed by atoms with van der Waals surface area (Å²) in [7, 11) is 1.64. The van der Waals surface area contributed by atoms with Crippen molar-refractivity contribution in [2.24, 2.45) is 0 Å². The van der Waals surface area contributed by atoms with Crippen molar-refractivity contribution in [1.29, 1.82) is 0 Å². The number of amides is 1. The number of nitrogens with zero attached hydrogens (tertiary/aromatic N) is 1. The van der Waals surface area contributed by atoms with Gasteiger partial charge in [0.05, 0.1) is 12.2 Å². The normalized spacial score (nSPS) is 15.3. The highest BCUT2D eigenvalue weighted by Gasteiger charge is 2.20. The number of methoxy groups -OCH3 is 1. The van der Waals surface area contributed by atoms with E-state index in [1.54, 1.807) is 25.4 Å². The minimum Gasteiger partial charge on any atom is -0.486 e. The first kappa shape index (κ1) is 18.0. The number of carbonyl (C=O) groups excluding carboxylic acids is 1. The number of hydrogen-bond donors (Lipinski definition) is 2. The second-order valence-corrected chi connectivity index (χ2v) is 5.89. The fourth-order valence-electron chi connectivity index (χ4n) is 2.57. The van der Waals surface area contributed by atoms with Crippen molar-refractivity contribution in [2.45, 2.75) is 12.5 Å². The third-order valence-corrected chi connectivity index (χ3v) is 3.96. The number of benzene rings is 1. The largest absolute Gasteiger partial charge is 0.486 e. The third-order valence-electron chi connectivity index (χ3n) is 3.96. The Morgan fingerprint density at radius 1 is 1.23 bits per heavy atom. The molecule has 0 aliphatic carbocycles. The minimum absolute atomic E-state index is 0.0734. The van der Waals surface area contributed by atoms with Crippen LogP contribution in [0.3, 0.4) is 0 Å². The molecular weight excluding hydrogens is 334 g/mol. The van der Waals surface area contributed by atoms with Gasteiger partial charge in [-0.3, -0.25) is 4.79 Å². The summed E-state index contributed by atoms with van der Waals surface area (Å²) in [5.41, 5.74) is 0.522. The predicted octanol–water partition coefficient (Wildman–Crippen LogP) is 2.10. The van der Waals surface area contributed by atoms with E-state index in [0.717, 1.165) is 11.5 Å². The molecule has 0 saturated carbocycles. The number of rotatable bonds is 8. The number of para-hydroxylation sites is 2. The smallest absolute Gasteiger partial charge is 0.252 e. The van der Waals surface area contributed by atoms with Gasteiger partial charge in [0.15, 0.2) is 11.5 Å². The minimum atomic E-state index is -0.155. The first-order valence-electron chi connectivity index (χ1n) is 8.62. The quantitative estimate of drug-likeness (QED) is 0.704. The van der Waals surface area contributed by atoms with Gasteiger partial charge in [-0.25, -0.2) is 4.98 Å². The summed E-state index contributed by atoms with van der Waals surface area (Å²) in [6.07, 6.45) is 2.15. The van der Waals surface area contributed by atoms with Crippen LogP contribution in [0.25, 0.3) is 0 Å². The second kappa shape index (κ2) is 9.05. The molecule has 0 fully saturated rings. The summed E-state index contributed by atoms with van der Waals surface area (Å²) >= 11 is 0. The Morgan fingerprint density at radius 3 is 2.85 bits per heavy atom. The Labute approximate surface area is 152 Å². The Morgan fingerprint density at radius 2 is 2.08 bits per heavy atom. The highest BCUT2D eigenvalue weighted by Crippen LogP contribution is 2.31. The van der Waals surface area contributed by atoms with Gasteiger partial charge in [0.25, 0.3) is 5.91 Å². The molecule has 2 heterocycles. The number of anilines is 1. The van der Waals surface area contributed by atoms with Gasteiger partial charge in [-0.1, -0.05) is 12.1 Å². The van der Waals surface area contributed by atoms with Crippen LogP contribution in [-0.4, -0.2) is 50.4 Å². The standard InChI is InChI=1S/C19H23N3O4/c1-24-11-10-20-18-7-6-14(12-22-18)19(23)21-9-8-15-13-25-16-4-2-3-5-17(16)26-15/h2-7,12,15H,8-11,13H2,1H3,(H,20,22)(H,21,23)/t15-/m1/s1. The van der Waals surface area contributed by atoms with Gasteiger partial charge in [-0.05, 0) is 24.3 Å². The SMILES string of the molecule is COCCNc1ccc(C(=O)NCC[C@@H]2COc3ccccc3O2)cn1. The lowest BCUT2D eigenvalue weighted by atomic mass is 10.2. The predicted molar refractivity (Wildman–Crippen MR) is 97.9 cm³/mol. The van der Waals surface area contributed by atoms with E-state index in [1.807, 2.05) is 24.3 Å². The van der Waals surface area contributed by atoms with Crippen molar-refractivity contribution < 1.29 is 19.0 Å². The van der Waals surface area contributed by atoms with Crippen molar-refractivity contribution in [3.05, 3.63) is 48.2 Å². The molecule has 1 amide bonds. The number of nitrogens with one attached hydrogen (secondary N) is 2. The summed E-state index contributed by atoms with van der Waals surface area (Å²) in [5.74, 6) is 2.07. The molecule has 0 radical (unpaired) electrons. The van der Waals surface area contributed by atoms with E-state index in [0.29, 0.717) is 44.1 Å². The number of carbonyl (C=O) groups is 1. The van der Waals surface area contributed by atoms with Gasteiger partial charge < -0.3 is 24.8 Å². The van der Waals surface area contributed by atoms with Crippen LogP contribution < -0.4 is 20.1 Å². The molecule has 2 aromatic rings. The van der Waals surface area contributed by atoms with Crippen LogP contribution in [0.2, 0.25) is 0 Å². The summed E-state index contributed by atoms with van der Waals surface area (Å²) in [6.45, 7) is 2.25. The highest BCUT2D eigenvalue weighted by atomic mass is 16.6. The summed E-state index contributed by atoms with van der Waals surface area (Å²) in [6, 6.07) is 11.1. The van der Waals surface area contributed by atoms with E-state index in [1.165, 1.54) is 0 Å².